The summed E-state index contributed by atoms with van der Waals surface area (Å²) in [6.07, 6.45) is 0. The highest BCUT2D eigenvalue weighted by atomic mass is 32.1. The lowest BCUT2D eigenvalue weighted by molar-refractivity contribution is 0.199. The monoisotopic (exact) mass is 309 g/mol. The van der Waals surface area contributed by atoms with Gasteiger partial charge in [-0.1, -0.05) is 6.07 Å². The number of nitrogens with zero attached hydrogens (tertiary/aromatic N) is 2. The molecule has 0 unspecified atom stereocenters. The molecule has 2 aromatic rings. The molecule has 0 spiro atoms. The van der Waals surface area contributed by atoms with Crippen molar-refractivity contribution < 1.29 is 9.13 Å². The first-order valence-electron chi connectivity index (χ1n) is 6.91. The molecule has 0 bridgehead atoms. The molecule has 21 heavy (non-hydrogen) atoms. The van der Waals surface area contributed by atoms with Crippen LogP contribution in [0, 0.1) is 5.82 Å². The van der Waals surface area contributed by atoms with Gasteiger partial charge in [-0.25, -0.2) is 9.37 Å². The Labute approximate surface area is 128 Å². The Morgan fingerprint density at radius 2 is 2.29 bits per heavy atom. The summed E-state index contributed by atoms with van der Waals surface area (Å²) in [6.45, 7) is 4.96. The predicted molar refractivity (Wildman–Crippen MR) is 84.8 cm³/mol. The second-order valence-electron chi connectivity index (χ2n) is 4.52. The van der Waals surface area contributed by atoms with E-state index < -0.39 is 0 Å². The summed E-state index contributed by atoms with van der Waals surface area (Å²) in [5.74, 6) is -0.232. The van der Waals surface area contributed by atoms with Crippen molar-refractivity contribution in [3.8, 4) is 0 Å². The molecular formula is C15H20FN3OS. The molecule has 0 saturated carbocycles. The molecule has 4 nitrogen and oxygen atoms in total. The third-order valence-corrected chi connectivity index (χ3v) is 3.91. The number of benzene rings is 1. The molecule has 2 rings (SSSR count). The maximum atomic E-state index is 13.4. The van der Waals surface area contributed by atoms with Crippen molar-refractivity contribution in [2.24, 2.45) is 0 Å². The van der Waals surface area contributed by atoms with Crippen molar-refractivity contribution in [3.63, 3.8) is 0 Å². The first-order chi connectivity index (χ1) is 10.2. The van der Waals surface area contributed by atoms with Crippen molar-refractivity contribution in [1.29, 1.82) is 0 Å². The van der Waals surface area contributed by atoms with Crippen molar-refractivity contribution in [3.05, 3.63) is 41.2 Å². The van der Waals surface area contributed by atoms with Gasteiger partial charge in [0.05, 0.1) is 12.3 Å². The Kier molecular flexibility index (Phi) is 6.10. The summed E-state index contributed by atoms with van der Waals surface area (Å²) < 4.78 is 18.3. The van der Waals surface area contributed by atoms with Crippen LogP contribution >= 0.6 is 11.3 Å². The summed E-state index contributed by atoms with van der Waals surface area (Å²) in [4.78, 5) is 6.61. The number of ether oxygens (including phenoxy) is 1. The van der Waals surface area contributed by atoms with Crippen LogP contribution < -0.4 is 10.2 Å². The lowest BCUT2D eigenvalue weighted by Gasteiger charge is -2.19. The number of methoxy groups -OCH3 is 1. The first-order valence-corrected chi connectivity index (χ1v) is 7.79. The number of anilines is 2. The summed E-state index contributed by atoms with van der Waals surface area (Å²) in [6, 6.07) is 6.59. The summed E-state index contributed by atoms with van der Waals surface area (Å²) in [7, 11) is 1.68. The Hall–Kier alpha value is -1.50. The normalized spacial score (nSPS) is 10.8. The van der Waals surface area contributed by atoms with Gasteiger partial charge in [0.2, 0.25) is 0 Å². The van der Waals surface area contributed by atoms with Crippen LogP contribution in [0.4, 0.5) is 15.2 Å². The number of hydrogen-bond acceptors (Lipinski definition) is 5. The van der Waals surface area contributed by atoms with Crippen LogP contribution in [0.5, 0.6) is 0 Å². The Morgan fingerprint density at radius 1 is 1.43 bits per heavy atom. The molecule has 0 aliphatic carbocycles. The average molecular weight is 309 g/mol. The number of thiazole rings is 1. The van der Waals surface area contributed by atoms with Gasteiger partial charge in [0, 0.05) is 37.8 Å². The fourth-order valence-corrected chi connectivity index (χ4v) is 2.87. The summed E-state index contributed by atoms with van der Waals surface area (Å²) in [5, 5.41) is 6.17. The van der Waals surface area contributed by atoms with Crippen molar-refractivity contribution in [1.82, 2.24) is 10.3 Å². The van der Waals surface area contributed by atoms with Crippen LogP contribution in [0.15, 0.2) is 29.6 Å². The van der Waals surface area contributed by atoms with Gasteiger partial charge in [0.15, 0.2) is 5.13 Å². The number of aromatic nitrogens is 1. The SMILES string of the molecule is CCN(c1cccc(F)c1)c1nc(CNCCOC)cs1. The molecule has 1 aromatic heterocycles. The minimum absolute atomic E-state index is 0.232. The molecule has 0 amide bonds. The van der Waals surface area contributed by atoms with Crippen molar-refractivity contribution in [2.75, 3.05) is 31.7 Å². The first kappa shape index (κ1) is 15.9. The second-order valence-corrected chi connectivity index (χ2v) is 5.35. The van der Waals surface area contributed by atoms with E-state index in [0.717, 1.165) is 29.6 Å². The maximum absolute atomic E-state index is 13.4. The average Bonchev–Trinajstić information content (AvgIpc) is 2.93. The molecule has 1 heterocycles. The van der Waals surface area contributed by atoms with Crippen LogP contribution in [-0.4, -0.2) is 31.8 Å². The van der Waals surface area contributed by atoms with Gasteiger partial charge in [0.1, 0.15) is 5.82 Å². The predicted octanol–water partition coefficient (Wildman–Crippen LogP) is 3.18. The molecule has 0 radical (unpaired) electrons. The van der Waals surface area contributed by atoms with Gasteiger partial charge in [-0.2, -0.15) is 0 Å². The minimum Gasteiger partial charge on any atom is -0.383 e. The lowest BCUT2D eigenvalue weighted by Crippen LogP contribution is -2.19. The largest absolute Gasteiger partial charge is 0.383 e. The fourth-order valence-electron chi connectivity index (χ4n) is 1.96. The maximum Gasteiger partial charge on any atom is 0.190 e. The van der Waals surface area contributed by atoms with E-state index in [1.807, 2.05) is 23.3 Å². The molecule has 0 fully saturated rings. The molecule has 1 N–H and O–H groups in total. The van der Waals surface area contributed by atoms with Crippen LogP contribution in [-0.2, 0) is 11.3 Å². The van der Waals surface area contributed by atoms with Crippen LogP contribution in [0.25, 0.3) is 0 Å². The number of halogens is 1. The van der Waals surface area contributed by atoms with E-state index in [1.54, 1.807) is 24.5 Å². The molecular weight excluding hydrogens is 289 g/mol. The zero-order chi connectivity index (χ0) is 15.1. The molecule has 0 aliphatic heterocycles. The highest BCUT2D eigenvalue weighted by Gasteiger charge is 2.12. The van der Waals surface area contributed by atoms with E-state index in [2.05, 4.69) is 10.3 Å². The van der Waals surface area contributed by atoms with Crippen LogP contribution in [0.3, 0.4) is 0 Å². The number of hydrogen-bond donors (Lipinski definition) is 1. The number of rotatable bonds is 8. The topological polar surface area (TPSA) is 37.4 Å². The Bertz CT molecular complexity index is 561. The van der Waals surface area contributed by atoms with E-state index >= 15 is 0 Å². The molecule has 0 aliphatic rings. The minimum atomic E-state index is -0.232. The van der Waals surface area contributed by atoms with E-state index in [0.29, 0.717) is 13.2 Å². The molecule has 6 heteroatoms. The van der Waals surface area contributed by atoms with E-state index in [4.69, 9.17) is 4.74 Å². The highest BCUT2D eigenvalue weighted by Crippen LogP contribution is 2.28. The molecule has 0 saturated heterocycles. The van der Waals surface area contributed by atoms with E-state index in [-0.39, 0.29) is 5.82 Å². The van der Waals surface area contributed by atoms with Gasteiger partial charge in [-0.05, 0) is 25.1 Å². The Balaban J connectivity index is 2.04. The van der Waals surface area contributed by atoms with Gasteiger partial charge < -0.3 is 15.0 Å². The Morgan fingerprint density at radius 3 is 3.00 bits per heavy atom. The molecule has 1 aromatic carbocycles. The standard InChI is InChI=1S/C15H20FN3OS/c1-3-19(14-6-4-5-12(16)9-14)15-18-13(11-21-15)10-17-7-8-20-2/h4-6,9,11,17H,3,7-8,10H2,1-2H3. The van der Waals surface area contributed by atoms with E-state index in [9.17, 15) is 4.39 Å². The third-order valence-electron chi connectivity index (χ3n) is 3.00. The van der Waals surface area contributed by atoms with Crippen molar-refractivity contribution >= 4 is 22.2 Å². The van der Waals surface area contributed by atoms with Gasteiger partial charge in [-0.3, -0.25) is 0 Å². The van der Waals surface area contributed by atoms with Gasteiger partial charge in [-0.15, -0.1) is 11.3 Å². The quantitative estimate of drug-likeness (QED) is 0.760. The zero-order valence-electron chi connectivity index (χ0n) is 12.3. The van der Waals surface area contributed by atoms with E-state index in [1.165, 1.54) is 12.1 Å². The second kappa shape index (κ2) is 8.07. The molecule has 0 atom stereocenters. The third kappa shape index (κ3) is 4.49. The van der Waals surface area contributed by atoms with Crippen LogP contribution in [0.1, 0.15) is 12.6 Å². The highest BCUT2D eigenvalue weighted by molar-refractivity contribution is 7.13. The van der Waals surface area contributed by atoms with Crippen molar-refractivity contribution in [2.45, 2.75) is 13.5 Å². The fraction of sp³-hybridized carbons (Fsp3) is 0.400. The molecule has 114 valence electrons. The lowest BCUT2D eigenvalue weighted by atomic mass is 10.3. The summed E-state index contributed by atoms with van der Waals surface area (Å²) in [5.41, 5.74) is 1.81. The van der Waals surface area contributed by atoms with Crippen LogP contribution in [0.2, 0.25) is 0 Å². The number of nitrogens with one attached hydrogen (secondary N) is 1. The van der Waals surface area contributed by atoms with Gasteiger partial charge >= 0.3 is 0 Å². The smallest absolute Gasteiger partial charge is 0.190 e. The van der Waals surface area contributed by atoms with Gasteiger partial charge in [0.25, 0.3) is 0 Å². The summed E-state index contributed by atoms with van der Waals surface area (Å²) >= 11 is 1.57. The zero-order valence-corrected chi connectivity index (χ0v) is 13.1.